The van der Waals surface area contributed by atoms with Crippen molar-refractivity contribution in [2.45, 2.75) is 6.42 Å². The first-order valence-electron chi connectivity index (χ1n) is 2.79. The fourth-order valence-corrected chi connectivity index (χ4v) is 1.28. The van der Waals surface area contributed by atoms with Gasteiger partial charge in [-0.15, -0.1) is 0 Å². The first kappa shape index (κ1) is 7.28. The quantitative estimate of drug-likeness (QED) is 0.607. The molecule has 10 heavy (non-hydrogen) atoms. The Morgan fingerprint density at radius 2 is 2.60 bits per heavy atom. The zero-order valence-corrected chi connectivity index (χ0v) is 6.19. The highest BCUT2D eigenvalue weighted by molar-refractivity contribution is 7.07. The smallest absolute Gasteiger partial charge is 0.310 e. The Balaban J connectivity index is 2.48. The molecule has 0 bridgehead atoms. The van der Waals surface area contributed by atoms with Crippen molar-refractivity contribution in [1.29, 1.82) is 0 Å². The Morgan fingerprint density at radius 1 is 1.80 bits per heavy atom. The molecule has 1 radical (unpaired) electrons. The van der Waals surface area contributed by atoms with Gasteiger partial charge in [0.15, 0.2) is 0 Å². The molecule has 3 heteroatoms. The average Bonchev–Trinajstić information content (AvgIpc) is 2.40. The summed E-state index contributed by atoms with van der Waals surface area (Å²) in [6, 6.07) is 1.89. The second-order valence-corrected chi connectivity index (χ2v) is 2.60. The van der Waals surface area contributed by atoms with Crippen LogP contribution in [0.25, 0.3) is 0 Å². The predicted octanol–water partition coefficient (Wildman–Crippen LogP) is 1.63. The van der Waals surface area contributed by atoms with E-state index in [1.54, 1.807) is 11.3 Å². The molecule has 0 unspecified atom stereocenters. The maximum absolute atomic E-state index is 10.6. The Labute approximate surface area is 63.4 Å². The third kappa shape index (κ3) is 1.84. The first-order chi connectivity index (χ1) is 4.83. The van der Waals surface area contributed by atoms with Gasteiger partial charge in [0.25, 0.3) is 0 Å². The Hall–Kier alpha value is -0.830. The zero-order valence-electron chi connectivity index (χ0n) is 5.37. The fourth-order valence-electron chi connectivity index (χ4n) is 0.611. The maximum Gasteiger partial charge on any atom is 0.310 e. The Bertz CT molecular complexity index is 203. The van der Waals surface area contributed by atoms with Gasteiger partial charge in [-0.3, -0.25) is 4.79 Å². The van der Waals surface area contributed by atoms with Gasteiger partial charge in [0.2, 0.25) is 0 Å². The van der Waals surface area contributed by atoms with Crippen LogP contribution in [-0.2, 0) is 16.0 Å². The van der Waals surface area contributed by atoms with Crippen LogP contribution in [0.4, 0.5) is 0 Å². The predicted molar refractivity (Wildman–Crippen MR) is 39.5 cm³/mol. The molecule has 0 aliphatic carbocycles. The van der Waals surface area contributed by atoms with Crippen molar-refractivity contribution in [2.24, 2.45) is 0 Å². The van der Waals surface area contributed by atoms with Crippen LogP contribution in [0.1, 0.15) is 5.56 Å². The molecular weight excluding hydrogens is 148 g/mol. The van der Waals surface area contributed by atoms with Gasteiger partial charge < -0.3 is 4.74 Å². The van der Waals surface area contributed by atoms with E-state index in [1.165, 1.54) is 0 Å². The van der Waals surface area contributed by atoms with Crippen LogP contribution < -0.4 is 0 Å². The largest absolute Gasteiger partial charge is 0.462 e. The van der Waals surface area contributed by atoms with E-state index in [4.69, 9.17) is 0 Å². The zero-order chi connectivity index (χ0) is 7.40. The molecule has 2 nitrogen and oxygen atoms in total. The molecule has 1 rings (SSSR count). The minimum Gasteiger partial charge on any atom is -0.462 e. The normalized spacial score (nSPS) is 9.30. The van der Waals surface area contributed by atoms with Gasteiger partial charge in [0.05, 0.1) is 6.42 Å². The van der Waals surface area contributed by atoms with Crippen LogP contribution in [0.2, 0.25) is 0 Å². The molecule has 0 amide bonds. The number of rotatable bonds is 2. The third-order valence-corrected chi connectivity index (χ3v) is 1.82. The lowest BCUT2D eigenvalue weighted by molar-refractivity contribution is -0.137. The summed E-state index contributed by atoms with van der Waals surface area (Å²) in [6.07, 6.45) is 0.326. The van der Waals surface area contributed by atoms with Gasteiger partial charge in [-0.05, 0) is 22.4 Å². The van der Waals surface area contributed by atoms with Gasteiger partial charge >= 0.3 is 5.97 Å². The SMILES string of the molecule is [CH2]OC(=O)Cc1ccsc1. The molecule has 0 spiro atoms. The van der Waals surface area contributed by atoms with Crippen LogP contribution in [0.5, 0.6) is 0 Å². The summed E-state index contributed by atoms with van der Waals surface area (Å²) < 4.78 is 4.24. The van der Waals surface area contributed by atoms with Crippen molar-refractivity contribution in [3.8, 4) is 0 Å². The van der Waals surface area contributed by atoms with Crippen molar-refractivity contribution in [3.63, 3.8) is 0 Å². The number of esters is 1. The number of hydrogen-bond donors (Lipinski definition) is 0. The molecule has 0 saturated carbocycles. The van der Waals surface area contributed by atoms with E-state index >= 15 is 0 Å². The molecule has 0 N–H and O–H groups in total. The molecule has 0 aliphatic heterocycles. The van der Waals surface area contributed by atoms with Crippen LogP contribution >= 0.6 is 11.3 Å². The summed E-state index contributed by atoms with van der Waals surface area (Å²) in [6.45, 7) is 0. The van der Waals surface area contributed by atoms with Gasteiger partial charge in [0.1, 0.15) is 7.11 Å². The van der Waals surface area contributed by atoms with Crippen molar-refractivity contribution in [2.75, 3.05) is 0 Å². The van der Waals surface area contributed by atoms with E-state index in [0.717, 1.165) is 5.56 Å². The van der Waals surface area contributed by atoms with Crippen LogP contribution in [0.15, 0.2) is 16.8 Å². The van der Waals surface area contributed by atoms with E-state index in [-0.39, 0.29) is 5.97 Å². The van der Waals surface area contributed by atoms with Crippen LogP contribution in [-0.4, -0.2) is 5.97 Å². The van der Waals surface area contributed by atoms with Crippen molar-refractivity contribution in [3.05, 3.63) is 29.5 Å². The molecule has 0 saturated heterocycles. The number of carbonyl (C=O) groups is 1. The van der Waals surface area contributed by atoms with E-state index in [9.17, 15) is 4.79 Å². The average molecular weight is 155 g/mol. The summed E-state index contributed by atoms with van der Waals surface area (Å²) in [5, 5.41) is 3.84. The number of thiophene rings is 1. The summed E-state index contributed by atoms with van der Waals surface area (Å²) >= 11 is 1.56. The van der Waals surface area contributed by atoms with Gasteiger partial charge in [0, 0.05) is 0 Å². The van der Waals surface area contributed by atoms with Crippen molar-refractivity contribution < 1.29 is 9.53 Å². The topological polar surface area (TPSA) is 26.3 Å². The molecule has 0 atom stereocenters. The number of ether oxygens (including phenoxy) is 1. The third-order valence-electron chi connectivity index (χ3n) is 1.09. The minimum absolute atomic E-state index is 0.293. The molecule has 53 valence electrons. The minimum atomic E-state index is -0.293. The molecule has 0 aromatic carbocycles. The van der Waals surface area contributed by atoms with Gasteiger partial charge in [-0.25, -0.2) is 0 Å². The Kier molecular flexibility index (Phi) is 2.45. The lowest BCUT2D eigenvalue weighted by Crippen LogP contribution is -2.01. The maximum atomic E-state index is 10.6. The Morgan fingerprint density at radius 3 is 3.10 bits per heavy atom. The molecular formula is C7H7O2S. The van der Waals surface area contributed by atoms with E-state index < -0.39 is 0 Å². The molecule has 0 fully saturated rings. The molecule has 1 aromatic heterocycles. The monoisotopic (exact) mass is 155 g/mol. The number of carbonyl (C=O) groups excluding carboxylic acids is 1. The highest BCUT2D eigenvalue weighted by Gasteiger charge is 2.01. The summed E-state index contributed by atoms with van der Waals surface area (Å²) in [4.78, 5) is 10.6. The summed E-state index contributed by atoms with van der Waals surface area (Å²) in [7, 11) is 3.02. The highest BCUT2D eigenvalue weighted by Crippen LogP contribution is 2.06. The second kappa shape index (κ2) is 3.37. The van der Waals surface area contributed by atoms with Gasteiger partial charge in [-0.1, -0.05) is 0 Å². The first-order valence-corrected chi connectivity index (χ1v) is 3.73. The molecule has 0 aliphatic rings. The van der Waals surface area contributed by atoms with Crippen molar-refractivity contribution in [1.82, 2.24) is 0 Å². The van der Waals surface area contributed by atoms with Gasteiger partial charge in [-0.2, -0.15) is 11.3 Å². The molecule has 1 heterocycles. The lowest BCUT2D eigenvalue weighted by atomic mass is 10.2. The van der Waals surface area contributed by atoms with E-state index in [0.29, 0.717) is 6.42 Å². The van der Waals surface area contributed by atoms with E-state index in [1.807, 2.05) is 16.8 Å². The second-order valence-electron chi connectivity index (χ2n) is 1.82. The molecule has 1 aromatic rings. The lowest BCUT2D eigenvalue weighted by Gasteiger charge is -1.93. The standard InChI is InChI=1S/C7H7O2S/c1-9-7(8)4-6-2-3-10-5-6/h2-3,5H,1,4H2. The number of hydrogen-bond acceptors (Lipinski definition) is 3. The van der Waals surface area contributed by atoms with Crippen LogP contribution in [0, 0.1) is 7.11 Å². The van der Waals surface area contributed by atoms with E-state index in [2.05, 4.69) is 11.8 Å². The fraction of sp³-hybridized carbons (Fsp3) is 0.143. The van der Waals surface area contributed by atoms with Crippen LogP contribution in [0.3, 0.4) is 0 Å². The summed E-state index contributed by atoms with van der Waals surface area (Å²) in [5.41, 5.74) is 0.985. The van der Waals surface area contributed by atoms with Crippen molar-refractivity contribution >= 4 is 17.3 Å². The summed E-state index contributed by atoms with van der Waals surface area (Å²) in [5.74, 6) is -0.293. The highest BCUT2D eigenvalue weighted by atomic mass is 32.1.